The standard InChI is InChI=1S/C14H20N2O4/c1-13(2,3)20-12(18)16-14(4,9-17)10-6-11(19-5)8-15-7-10/h6-9H,1-5H3,(H,16,18). The second-order valence-electron chi connectivity index (χ2n) is 5.56. The summed E-state index contributed by atoms with van der Waals surface area (Å²) in [6.07, 6.45) is 2.97. The van der Waals surface area contributed by atoms with E-state index in [1.54, 1.807) is 33.8 Å². The van der Waals surface area contributed by atoms with Crippen molar-refractivity contribution in [2.24, 2.45) is 0 Å². The average molecular weight is 280 g/mol. The third kappa shape index (κ3) is 4.22. The van der Waals surface area contributed by atoms with Crippen LogP contribution in [-0.2, 0) is 15.1 Å². The Labute approximate surface area is 118 Å². The van der Waals surface area contributed by atoms with Gasteiger partial charge in [0.25, 0.3) is 0 Å². The summed E-state index contributed by atoms with van der Waals surface area (Å²) in [6.45, 7) is 6.81. The van der Waals surface area contributed by atoms with Crippen LogP contribution in [0.2, 0.25) is 0 Å². The first-order chi connectivity index (χ1) is 9.20. The number of pyridine rings is 1. The van der Waals surface area contributed by atoms with Gasteiger partial charge in [0.15, 0.2) is 0 Å². The molecule has 0 aliphatic heterocycles. The van der Waals surface area contributed by atoms with Crippen molar-refractivity contribution in [1.29, 1.82) is 0 Å². The molecule has 0 spiro atoms. The van der Waals surface area contributed by atoms with Crippen molar-refractivity contribution in [3.05, 3.63) is 24.0 Å². The Bertz CT molecular complexity index is 496. The van der Waals surface area contributed by atoms with E-state index in [1.165, 1.54) is 19.5 Å². The number of nitrogens with zero attached hydrogens (tertiary/aromatic N) is 1. The van der Waals surface area contributed by atoms with Crippen LogP contribution in [-0.4, -0.2) is 30.1 Å². The second kappa shape index (κ2) is 5.90. The Morgan fingerprint density at radius 2 is 1.95 bits per heavy atom. The van der Waals surface area contributed by atoms with E-state index in [2.05, 4.69) is 10.3 Å². The Balaban J connectivity index is 2.96. The van der Waals surface area contributed by atoms with E-state index in [0.29, 0.717) is 17.6 Å². The summed E-state index contributed by atoms with van der Waals surface area (Å²) in [7, 11) is 1.50. The van der Waals surface area contributed by atoms with Gasteiger partial charge < -0.3 is 19.6 Å². The number of carbonyl (C=O) groups is 2. The molecule has 1 amide bonds. The first-order valence-corrected chi connectivity index (χ1v) is 6.17. The molecule has 1 aromatic heterocycles. The number of rotatable bonds is 4. The number of hydrogen-bond donors (Lipinski definition) is 1. The SMILES string of the molecule is COc1cncc(C(C)(C=O)NC(=O)OC(C)(C)C)c1. The van der Waals surface area contributed by atoms with Crippen LogP contribution >= 0.6 is 0 Å². The van der Waals surface area contributed by atoms with Crippen molar-refractivity contribution in [2.75, 3.05) is 7.11 Å². The van der Waals surface area contributed by atoms with Gasteiger partial charge in [-0.05, 0) is 33.8 Å². The maximum absolute atomic E-state index is 11.8. The minimum absolute atomic E-state index is 0.501. The lowest BCUT2D eigenvalue weighted by atomic mass is 9.95. The second-order valence-corrected chi connectivity index (χ2v) is 5.56. The van der Waals surface area contributed by atoms with Crippen LogP contribution in [0.1, 0.15) is 33.3 Å². The number of ether oxygens (including phenoxy) is 2. The van der Waals surface area contributed by atoms with Crippen molar-refractivity contribution >= 4 is 12.4 Å². The molecule has 1 aromatic rings. The quantitative estimate of drug-likeness (QED) is 0.854. The Kier molecular flexibility index (Phi) is 4.70. The van der Waals surface area contributed by atoms with Gasteiger partial charge in [-0.25, -0.2) is 4.79 Å². The smallest absolute Gasteiger partial charge is 0.408 e. The zero-order valence-corrected chi connectivity index (χ0v) is 12.4. The van der Waals surface area contributed by atoms with Crippen molar-refractivity contribution in [3.8, 4) is 5.75 Å². The predicted molar refractivity (Wildman–Crippen MR) is 73.6 cm³/mol. The van der Waals surface area contributed by atoms with Crippen LogP contribution in [0, 0.1) is 0 Å². The van der Waals surface area contributed by atoms with Gasteiger partial charge in [-0.1, -0.05) is 0 Å². The summed E-state index contributed by atoms with van der Waals surface area (Å²) in [5.74, 6) is 0.501. The van der Waals surface area contributed by atoms with Crippen molar-refractivity contribution in [1.82, 2.24) is 10.3 Å². The van der Waals surface area contributed by atoms with E-state index >= 15 is 0 Å². The molecule has 1 atom stereocenters. The number of aromatic nitrogens is 1. The molecule has 20 heavy (non-hydrogen) atoms. The fourth-order valence-corrected chi connectivity index (χ4v) is 1.50. The Morgan fingerprint density at radius 3 is 2.45 bits per heavy atom. The largest absolute Gasteiger partial charge is 0.495 e. The van der Waals surface area contributed by atoms with Crippen molar-refractivity contribution < 1.29 is 19.1 Å². The lowest BCUT2D eigenvalue weighted by molar-refractivity contribution is -0.113. The molecule has 1 heterocycles. The zero-order chi connectivity index (χ0) is 15.4. The van der Waals surface area contributed by atoms with Gasteiger partial charge in [-0.15, -0.1) is 0 Å². The lowest BCUT2D eigenvalue weighted by Gasteiger charge is -2.27. The molecular formula is C14H20N2O4. The van der Waals surface area contributed by atoms with Crippen LogP contribution in [0.4, 0.5) is 4.79 Å². The highest BCUT2D eigenvalue weighted by Gasteiger charge is 2.31. The van der Waals surface area contributed by atoms with Gasteiger partial charge in [-0.3, -0.25) is 4.98 Å². The van der Waals surface area contributed by atoms with Gasteiger partial charge in [0.1, 0.15) is 23.2 Å². The first kappa shape index (κ1) is 15.9. The molecule has 0 bridgehead atoms. The Hall–Kier alpha value is -2.11. The predicted octanol–water partition coefficient (Wildman–Crippen LogP) is 2.03. The number of hydrogen-bond acceptors (Lipinski definition) is 5. The van der Waals surface area contributed by atoms with Crippen LogP contribution in [0.15, 0.2) is 18.5 Å². The van der Waals surface area contributed by atoms with E-state index in [4.69, 9.17) is 9.47 Å². The zero-order valence-electron chi connectivity index (χ0n) is 12.4. The maximum Gasteiger partial charge on any atom is 0.408 e. The molecular weight excluding hydrogens is 260 g/mol. The monoisotopic (exact) mass is 280 g/mol. The molecule has 0 saturated carbocycles. The third-order valence-electron chi connectivity index (χ3n) is 2.54. The van der Waals surface area contributed by atoms with Crippen molar-refractivity contribution in [2.45, 2.75) is 38.8 Å². The molecule has 0 radical (unpaired) electrons. The number of methoxy groups -OCH3 is 1. The topological polar surface area (TPSA) is 77.5 Å². The summed E-state index contributed by atoms with van der Waals surface area (Å²) in [6, 6.07) is 1.64. The van der Waals surface area contributed by atoms with E-state index in [0.717, 1.165) is 0 Å². The third-order valence-corrected chi connectivity index (χ3v) is 2.54. The highest BCUT2D eigenvalue weighted by molar-refractivity contribution is 5.77. The molecule has 0 fully saturated rings. The maximum atomic E-state index is 11.8. The number of aldehydes is 1. The van der Waals surface area contributed by atoms with Crippen LogP contribution in [0.25, 0.3) is 0 Å². The average Bonchev–Trinajstić information content (AvgIpc) is 2.36. The number of alkyl carbamates (subject to hydrolysis) is 1. The van der Waals surface area contributed by atoms with Gasteiger partial charge in [0, 0.05) is 11.8 Å². The minimum atomic E-state index is -1.23. The number of nitrogens with one attached hydrogen (secondary N) is 1. The van der Waals surface area contributed by atoms with Crippen LogP contribution < -0.4 is 10.1 Å². The normalized spacial score (nSPS) is 14.1. The summed E-state index contributed by atoms with van der Waals surface area (Å²) in [5, 5.41) is 2.54. The molecule has 0 aromatic carbocycles. The fraction of sp³-hybridized carbons (Fsp3) is 0.500. The van der Waals surface area contributed by atoms with Gasteiger partial charge in [0.05, 0.1) is 13.3 Å². The molecule has 1 N–H and O–H groups in total. The fourth-order valence-electron chi connectivity index (χ4n) is 1.50. The van der Waals surface area contributed by atoms with Gasteiger partial charge in [-0.2, -0.15) is 0 Å². The number of amides is 1. The van der Waals surface area contributed by atoms with E-state index in [-0.39, 0.29) is 0 Å². The van der Waals surface area contributed by atoms with E-state index in [1.807, 2.05) is 0 Å². The molecule has 0 saturated heterocycles. The molecule has 6 heteroatoms. The molecule has 1 rings (SSSR count). The van der Waals surface area contributed by atoms with Crippen LogP contribution in [0.5, 0.6) is 5.75 Å². The molecule has 110 valence electrons. The highest BCUT2D eigenvalue weighted by atomic mass is 16.6. The summed E-state index contributed by atoms with van der Waals surface area (Å²) in [4.78, 5) is 27.2. The highest BCUT2D eigenvalue weighted by Crippen LogP contribution is 2.22. The summed E-state index contributed by atoms with van der Waals surface area (Å²) < 4.78 is 10.2. The van der Waals surface area contributed by atoms with E-state index in [9.17, 15) is 9.59 Å². The first-order valence-electron chi connectivity index (χ1n) is 6.17. The van der Waals surface area contributed by atoms with Gasteiger partial charge in [0.2, 0.25) is 0 Å². The molecule has 1 unspecified atom stereocenters. The summed E-state index contributed by atoms with van der Waals surface area (Å²) >= 11 is 0. The molecule has 0 aliphatic rings. The Morgan fingerprint density at radius 1 is 1.30 bits per heavy atom. The molecule has 0 aliphatic carbocycles. The van der Waals surface area contributed by atoms with Gasteiger partial charge >= 0.3 is 6.09 Å². The molecule has 6 nitrogen and oxygen atoms in total. The number of carbonyl (C=O) groups excluding carboxylic acids is 2. The van der Waals surface area contributed by atoms with Crippen LogP contribution in [0.3, 0.4) is 0 Å². The summed E-state index contributed by atoms with van der Waals surface area (Å²) in [5.41, 5.74) is -1.36. The van der Waals surface area contributed by atoms with Crippen molar-refractivity contribution in [3.63, 3.8) is 0 Å². The lowest BCUT2D eigenvalue weighted by Crippen LogP contribution is -2.47. The van der Waals surface area contributed by atoms with E-state index < -0.39 is 17.2 Å². The minimum Gasteiger partial charge on any atom is -0.495 e.